The van der Waals surface area contributed by atoms with Gasteiger partial charge in [0.1, 0.15) is 0 Å². The summed E-state index contributed by atoms with van der Waals surface area (Å²) in [5, 5.41) is 3.19. The van der Waals surface area contributed by atoms with E-state index in [4.69, 9.17) is 16.3 Å². The second-order valence-corrected chi connectivity index (χ2v) is 5.99. The number of nitrogens with one attached hydrogen (secondary N) is 1. The molecular formula is C16H16ClNO3. The van der Waals surface area contributed by atoms with Gasteiger partial charge in [0.2, 0.25) is 0 Å². The number of amides is 1. The van der Waals surface area contributed by atoms with Crippen LogP contribution in [0.2, 0.25) is 5.02 Å². The number of halogens is 1. The fourth-order valence-corrected chi connectivity index (χ4v) is 3.25. The lowest BCUT2D eigenvalue weighted by Crippen LogP contribution is -2.26. The van der Waals surface area contributed by atoms with Crippen LogP contribution in [0.5, 0.6) is 0 Å². The van der Waals surface area contributed by atoms with Crippen molar-refractivity contribution < 1.29 is 14.3 Å². The first-order valence-corrected chi connectivity index (χ1v) is 7.40. The number of hydrogen-bond donors (Lipinski definition) is 1. The molecule has 3 rings (SSSR count). The molecule has 1 aromatic carbocycles. The van der Waals surface area contributed by atoms with E-state index >= 15 is 0 Å². The van der Waals surface area contributed by atoms with Gasteiger partial charge in [-0.15, -0.1) is 0 Å². The Hall–Kier alpha value is -1.81. The van der Waals surface area contributed by atoms with Crippen LogP contribution in [0, 0.1) is 17.8 Å². The van der Waals surface area contributed by atoms with E-state index in [0.717, 1.165) is 12.8 Å². The summed E-state index contributed by atoms with van der Waals surface area (Å²) < 4.78 is 5.12. The lowest BCUT2D eigenvalue weighted by Gasteiger charge is -2.16. The van der Waals surface area contributed by atoms with Crippen molar-refractivity contribution in [1.82, 2.24) is 0 Å². The fourth-order valence-electron chi connectivity index (χ4n) is 3.06. The Morgan fingerprint density at radius 1 is 1.29 bits per heavy atom. The quantitative estimate of drug-likeness (QED) is 0.687. The predicted molar refractivity (Wildman–Crippen MR) is 79.9 cm³/mol. The van der Waals surface area contributed by atoms with E-state index in [1.807, 2.05) is 0 Å². The van der Waals surface area contributed by atoms with Gasteiger partial charge in [0.25, 0.3) is 5.91 Å². The number of fused-ring (bicyclic) bond motifs is 2. The molecule has 0 spiro atoms. The first-order valence-electron chi connectivity index (χ1n) is 7.02. The monoisotopic (exact) mass is 305 g/mol. The second-order valence-electron chi connectivity index (χ2n) is 5.55. The summed E-state index contributed by atoms with van der Waals surface area (Å²) in [6, 6.07) is 6.83. The lowest BCUT2D eigenvalue weighted by molar-refractivity contribution is -0.152. The van der Waals surface area contributed by atoms with Crippen molar-refractivity contribution in [1.29, 1.82) is 0 Å². The van der Waals surface area contributed by atoms with Crippen LogP contribution in [0.4, 0.5) is 5.69 Å². The van der Waals surface area contributed by atoms with Crippen molar-refractivity contribution >= 4 is 29.2 Å². The Morgan fingerprint density at radius 2 is 2.14 bits per heavy atom. The molecule has 0 radical (unpaired) electrons. The summed E-state index contributed by atoms with van der Waals surface area (Å²) in [5.74, 6) is 0.0858. The van der Waals surface area contributed by atoms with Crippen molar-refractivity contribution in [3.05, 3.63) is 41.4 Å². The third-order valence-corrected chi connectivity index (χ3v) is 4.27. The normalized spacial score (nSPS) is 25.9. The van der Waals surface area contributed by atoms with E-state index in [0.29, 0.717) is 22.5 Å². The van der Waals surface area contributed by atoms with Crippen molar-refractivity contribution in [2.24, 2.45) is 17.8 Å². The van der Waals surface area contributed by atoms with Gasteiger partial charge in [0.15, 0.2) is 6.61 Å². The van der Waals surface area contributed by atoms with Gasteiger partial charge in [-0.3, -0.25) is 9.59 Å². The third kappa shape index (κ3) is 3.27. The standard InChI is InChI=1S/C16H16ClNO3/c17-12-2-1-3-13(8-12)18-15(19)9-21-16(20)14-7-10-4-5-11(14)6-10/h1-5,8,10-11,14H,6-7,9H2,(H,18,19)/t10-,11-,14-/m0/s1. The molecule has 0 saturated heterocycles. The number of rotatable bonds is 4. The summed E-state index contributed by atoms with van der Waals surface area (Å²) in [6.45, 7) is -0.261. The molecule has 5 heteroatoms. The molecule has 21 heavy (non-hydrogen) atoms. The van der Waals surface area contributed by atoms with Crippen molar-refractivity contribution in [3.8, 4) is 0 Å². The number of benzene rings is 1. The summed E-state index contributed by atoms with van der Waals surface area (Å²) in [5.41, 5.74) is 0.589. The van der Waals surface area contributed by atoms with Crippen LogP contribution in [0.1, 0.15) is 12.8 Å². The molecular weight excluding hydrogens is 290 g/mol. The second kappa shape index (κ2) is 5.90. The Balaban J connectivity index is 1.47. The number of esters is 1. The molecule has 0 aliphatic heterocycles. The van der Waals surface area contributed by atoms with Gasteiger partial charge in [-0.25, -0.2) is 0 Å². The van der Waals surface area contributed by atoms with E-state index < -0.39 is 0 Å². The van der Waals surface area contributed by atoms with Crippen LogP contribution in [0.15, 0.2) is 36.4 Å². The average Bonchev–Trinajstić information content (AvgIpc) is 3.07. The van der Waals surface area contributed by atoms with E-state index in [9.17, 15) is 9.59 Å². The lowest BCUT2D eigenvalue weighted by atomic mass is 9.94. The molecule has 1 aromatic rings. The molecule has 0 unspecified atom stereocenters. The minimum Gasteiger partial charge on any atom is -0.455 e. The molecule has 0 aromatic heterocycles. The highest BCUT2D eigenvalue weighted by Crippen LogP contribution is 2.43. The highest BCUT2D eigenvalue weighted by atomic mass is 35.5. The topological polar surface area (TPSA) is 55.4 Å². The van der Waals surface area contributed by atoms with Crippen LogP contribution in [0.3, 0.4) is 0 Å². The SMILES string of the molecule is O=C(COC(=O)[C@H]1C[C@H]2C=C[C@H]1C2)Nc1cccc(Cl)c1. The number of carbonyl (C=O) groups is 2. The number of hydrogen-bond acceptors (Lipinski definition) is 3. The van der Waals surface area contributed by atoms with E-state index in [1.165, 1.54) is 0 Å². The van der Waals surface area contributed by atoms with Gasteiger partial charge in [-0.1, -0.05) is 29.8 Å². The minimum absolute atomic E-state index is 0.0843. The molecule has 110 valence electrons. The molecule has 1 fully saturated rings. The predicted octanol–water partition coefficient (Wildman–Crippen LogP) is 3.03. The summed E-state index contributed by atoms with van der Waals surface area (Å²) in [4.78, 5) is 23.7. The number of carbonyl (C=O) groups excluding carboxylic acids is 2. The number of anilines is 1. The van der Waals surface area contributed by atoms with E-state index in [2.05, 4.69) is 17.5 Å². The Kier molecular flexibility index (Phi) is 3.97. The first kappa shape index (κ1) is 14.1. The zero-order valence-electron chi connectivity index (χ0n) is 11.4. The van der Waals surface area contributed by atoms with E-state index in [1.54, 1.807) is 24.3 Å². The van der Waals surface area contributed by atoms with Gasteiger partial charge in [0.05, 0.1) is 5.92 Å². The largest absolute Gasteiger partial charge is 0.455 e. The number of ether oxygens (including phenoxy) is 1. The van der Waals surface area contributed by atoms with Crippen molar-refractivity contribution in [2.45, 2.75) is 12.8 Å². The molecule has 2 aliphatic carbocycles. The van der Waals surface area contributed by atoms with Gasteiger partial charge in [0, 0.05) is 10.7 Å². The zero-order valence-corrected chi connectivity index (χ0v) is 12.2. The molecule has 4 nitrogen and oxygen atoms in total. The Labute approximate surface area is 128 Å². The van der Waals surface area contributed by atoms with Crippen LogP contribution in [-0.2, 0) is 14.3 Å². The van der Waals surface area contributed by atoms with E-state index in [-0.39, 0.29) is 24.4 Å². The van der Waals surface area contributed by atoms with Crippen LogP contribution < -0.4 is 5.32 Å². The summed E-state index contributed by atoms with van der Waals surface area (Å²) in [7, 11) is 0. The smallest absolute Gasteiger partial charge is 0.310 e. The Morgan fingerprint density at radius 3 is 2.81 bits per heavy atom. The minimum atomic E-state index is -0.357. The zero-order chi connectivity index (χ0) is 14.8. The molecule has 0 heterocycles. The average molecular weight is 306 g/mol. The first-order chi connectivity index (χ1) is 10.1. The van der Waals surface area contributed by atoms with Crippen LogP contribution in [0.25, 0.3) is 0 Å². The molecule has 3 atom stereocenters. The van der Waals surface area contributed by atoms with Crippen molar-refractivity contribution in [3.63, 3.8) is 0 Å². The number of allylic oxidation sites excluding steroid dienone is 2. The van der Waals surface area contributed by atoms with Gasteiger partial charge in [-0.2, -0.15) is 0 Å². The molecule has 1 amide bonds. The molecule has 2 aliphatic rings. The van der Waals surface area contributed by atoms with Gasteiger partial charge in [-0.05, 0) is 42.9 Å². The summed E-state index contributed by atoms with van der Waals surface area (Å²) in [6.07, 6.45) is 6.14. The van der Waals surface area contributed by atoms with Crippen molar-refractivity contribution in [2.75, 3.05) is 11.9 Å². The molecule has 2 bridgehead atoms. The molecule has 1 N–H and O–H groups in total. The van der Waals surface area contributed by atoms with Gasteiger partial charge < -0.3 is 10.1 Å². The fraction of sp³-hybridized carbons (Fsp3) is 0.375. The highest BCUT2D eigenvalue weighted by molar-refractivity contribution is 6.30. The van der Waals surface area contributed by atoms with Gasteiger partial charge >= 0.3 is 5.97 Å². The maximum Gasteiger partial charge on any atom is 0.310 e. The van der Waals surface area contributed by atoms with Crippen LogP contribution >= 0.6 is 11.6 Å². The Bertz CT molecular complexity index is 599. The van der Waals surface area contributed by atoms with Crippen LogP contribution in [-0.4, -0.2) is 18.5 Å². The maximum atomic E-state index is 12.0. The molecule has 1 saturated carbocycles. The highest BCUT2D eigenvalue weighted by Gasteiger charge is 2.40. The summed E-state index contributed by atoms with van der Waals surface area (Å²) >= 11 is 5.83. The third-order valence-electron chi connectivity index (χ3n) is 4.04. The maximum absolute atomic E-state index is 12.0.